The molecule has 1 aliphatic rings. The van der Waals surface area contributed by atoms with Crippen LogP contribution in [0.25, 0.3) is 0 Å². The molecule has 0 aromatic carbocycles. The van der Waals surface area contributed by atoms with E-state index in [0.717, 1.165) is 26.2 Å². The number of nitrogens with zero attached hydrogens (tertiary/aromatic N) is 4. The minimum atomic E-state index is 0.371. The average molecular weight is 230 g/mol. The van der Waals surface area contributed by atoms with E-state index in [1.807, 2.05) is 12.4 Å². The molecule has 0 N–H and O–H groups in total. The van der Waals surface area contributed by atoms with Crippen molar-refractivity contribution in [3.05, 3.63) is 30.1 Å². The third kappa shape index (κ3) is 3.26. The summed E-state index contributed by atoms with van der Waals surface area (Å²) in [5, 5.41) is 8.81. The van der Waals surface area contributed by atoms with Crippen LogP contribution < -0.4 is 0 Å². The minimum absolute atomic E-state index is 0.371. The van der Waals surface area contributed by atoms with Crippen LogP contribution in [0.4, 0.5) is 0 Å². The molecule has 1 unspecified atom stereocenters. The summed E-state index contributed by atoms with van der Waals surface area (Å²) in [5.41, 5.74) is 1.29. The number of pyridine rings is 1. The lowest BCUT2D eigenvalue weighted by atomic mass is 10.1. The molecule has 1 atom stereocenters. The molecule has 0 radical (unpaired) electrons. The van der Waals surface area contributed by atoms with E-state index < -0.39 is 0 Å². The van der Waals surface area contributed by atoms with Gasteiger partial charge in [0.05, 0.1) is 12.5 Å². The summed E-state index contributed by atoms with van der Waals surface area (Å²) < 4.78 is 0. The smallest absolute Gasteiger partial charge is 0.0638 e. The fraction of sp³-hybridized carbons (Fsp3) is 0.538. The van der Waals surface area contributed by atoms with Gasteiger partial charge >= 0.3 is 0 Å². The maximum atomic E-state index is 8.81. The van der Waals surface area contributed by atoms with E-state index in [4.69, 9.17) is 5.26 Å². The average Bonchev–Trinajstić information content (AvgIpc) is 2.35. The van der Waals surface area contributed by atoms with E-state index in [1.165, 1.54) is 5.56 Å². The zero-order valence-electron chi connectivity index (χ0n) is 10.2. The second-order valence-corrected chi connectivity index (χ2v) is 4.59. The molecule has 0 amide bonds. The van der Waals surface area contributed by atoms with E-state index in [-0.39, 0.29) is 0 Å². The van der Waals surface area contributed by atoms with Crippen LogP contribution in [0.5, 0.6) is 0 Å². The summed E-state index contributed by atoms with van der Waals surface area (Å²) >= 11 is 0. The SMILES string of the molecule is CN1CCN(Cc2ccncc2)CC1CC#N. The molecule has 1 aromatic rings. The topological polar surface area (TPSA) is 43.2 Å². The van der Waals surface area contributed by atoms with Crippen LogP contribution in [0.3, 0.4) is 0 Å². The number of likely N-dealkylation sites (N-methyl/N-ethyl adjacent to an activating group) is 1. The Balaban J connectivity index is 1.93. The van der Waals surface area contributed by atoms with Gasteiger partial charge in [0.25, 0.3) is 0 Å². The normalized spacial score (nSPS) is 22.2. The van der Waals surface area contributed by atoms with Crippen molar-refractivity contribution in [2.24, 2.45) is 0 Å². The van der Waals surface area contributed by atoms with Gasteiger partial charge in [0.2, 0.25) is 0 Å². The number of nitriles is 1. The summed E-state index contributed by atoms with van der Waals surface area (Å²) in [6.45, 7) is 4.04. The molecule has 2 heterocycles. The second kappa shape index (κ2) is 5.76. The third-order valence-corrected chi connectivity index (χ3v) is 3.34. The Kier molecular flexibility index (Phi) is 4.08. The van der Waals surface area contributed by atoms with Gasteiger partial charge < -0.3 is 0 Å². The van der Waals surface area contributed by atoms with Gasteiger partial charge in [0, 0.05) is 44.6 Å². The van der Waals surface area contributed by atoms with Crippen LogP contribution in [0.2, 0.25) is 0 Å². The summed E-state index contributed by atoms with van der Waals surface area (Å²) in [7, 11) is 2.10. The Morgan fingerprint density at radius 2 is 2.18 bits per heavy atom. The lowest BCUT2D eigenvalue weighted by molar-refractivity contribution is 0.0927. The lowest BCUT2D eigenvalue weighted by Gasteiger charge is -2.38. The summed E-state index contributed by atoms with van der Waals surface area (Å²) in [6.07, 6.45) is 4.28. The Labute approximate surface area is 102 Å². The van der Waals surface area contributed by atoms with Crippen molar-refractivity contribution >= 4 is 0 Å². The Bertz CT molecular complexity index is 384. The number of hydrogen-bond donors (Lipinski definition) is 0. The van der Waals surface area contributed by atoms with Gasteiger partial charge in [-0.15, -0.1) is 0 Å². The zero-order chi connectivity index (χ0) is 12.1. The largest absolute Gasteiger partial charge is 0.300 e. The van der Waals surface area contributed by atoms with Crippen LogP contribution in [-0.4, -0.2) is 47.5 Å². The monoisotopic (exact) mass is 230 g/mol. The minimum Gasteiger partial charge on any atom is -0.300 e. The van der Waals surface area contributed by atoms with Gasteiger partial charge in [-0.1, -0.05) is 0 Å². The molecule has 0 spiro atoms. The van der Waals surface area contributed by atoms with Crippen molar-refractivity contribution in [1.82, 2.24) is 14.8 Å². The Morgan fingerprint density at radius 3 is 2.88 bits per heavy atom. The molecule has 0 bridgehead atoms. The molecule has 1 aliphatic heterocycles. The molecule has 0 saturated carbocycles. The fourth-order valence-corrected chi connectivity index (χ4v) is 2.23. The van der Waals surface area contributed by atoms with Gasteiger partial charge in [0.15, 0.2) is 0 Å². The molecule has 1 saturated heterocycles. The molecular weight excluding hydrogens is 212 g/mol. The number of aromatic nitrogens is 1. The van der Waals surface area contributed by atoms with Crippen molar-refractivity contribution in [2.75, 3.05) is 26.7 Å². The van der Waals surface area contributed by atoms with Crippen LogP contribution in [0, 0.1) is 11.3 Å². The van der Waals surface area contributed by atoms with Crippen LogP contribution in [-0.2, 0) is 6.54 Å². The molecule has 17 heavy (non-hydrogen) atoms. The quantitative estimate of drug-likeness (QED) is 0.780. The standard InChI is InChI=1S/C13H18N4/c1-16-8-9-17(11-13(16)2-5-14)10-12-3-6-15-7-4-12/h3-4,6-7,13H,2,8-11H2,1H3. The predicted molar refractivity (Wildman–Crippen MR) is 66.2 cm³/mol. The Morgan fingerprint density at radius 1 is 1.41 bits per heavy atom. The molecule has 0 aliphatic carbocycles. The maximum absolute atomic E-state index is 8.81. The number of hydrogen-bond acceptors (Lipinski definition) is 4. The molecule has 4 heteroatoms. The van der Waals surface area contributed by atoms with Crippen LogP contribution >= 0.6 is 0 Å². The lowest BCUT2D eigenvalue weighted by Crippen LogP contribution is -2.50. The van der Waals surface area contributed by atoms with E-state index in [2.05, 4.69) is 40.0 Å². The van der Waals surface area contributed by atoms with Gasteiger partial charge in [0.1, 0.15) is 0 Å². The van der Waals surface area contributed by atoms with E-state index >= 15 is 0 Å². The highest BCUT2D eigenvalue weighted by Crippen LogP contribution is 2.13. The third-order valence-electron chi connectivity index (χ3n) is 3.34. The second-order valence-electron chi connectivity index (χ2n) is 4.59. The number of piperazine rings is 1. The van der Waals surface area contributed by atoms with Gasteiger partial charge in [-0.3, -0.25) is 14.8 Å². The number of rotatable bonds is 3. The molecule has 1 fully saturated rings. The molecule has 2 rings (SSSR count). The fourth-order valence-electron chi connectivity index (χ4n) is 2.23. The van der Waals surface area contributed by atoms with E-state index in [1.54, 1.807) is 0 Å². The molecule has 4 nitrogen and oxygen atoms in total. The summed E-state index contributed by atoms with van der Waals surface area (Å²) in [6, 6.07) is 6.75. The van der Waals surface area contributed by atoms with Crippen molar-refractivity contribution in [3.63, 3.8) is 0 Å². The molecular formula is C13H18N4. The highest BCUT2D eigenvalue weighted by molar-refractivity contribution is 5.09. The first-order valence-corrected chi connectivity index (χ1v) is 5.98. The maximum Gasteiger partial charge on any atom is 0.0638 e. The van der Waals surface area contributed by atoms with Crippen molar-refractivity contribution in [1.29, 1.82) is 5.26 Å². The van der Waals surface area contributed by atoms with Crippen molar-refractivity contribution in [2.45, 2.75) is 19.0 Å². The summed E-state index contributed by atoms with van der Waals surface area (Å²) in [4.78, 5) is 8.72. The first kappa shape index (κ1) is 12.0. The first-order chi connectivity index (χ1) is 8.29. The van der Waals surface area contributed by atoms with Crippen LogP contribution in [0.15, 0.2) is 24.5 Å². The van der Waals surface area contributed by atoms with Crippen molar-refractivity contribution in [3.8, 4) is 6.07 Å². The highest BCUT2D eigenvalue weighted by atomic mass is 15.3. The zero-order valence-corrected chi connectivity index (χ0v) is 10.2. The van der Waals surface area contributed by atoms with Gasteiger partial charge in [-0.25, -0.2) is 0 Å². The van der Waals surface area contributed by atoms with Gasteiger partial charge in [-0.05, 0) is 24.7 Å². The molecule has 90 valence electrons. The van der Waals surface area contributed by atoms with Gasteiger partial charge in [-0.2, -0.15) is 5.26 Å². The van der Waals surface area contributed by atoms with Crippen molar-refractivity contribution < 1.29 is 0 Å². The molecule has 1 aromatic heterocycles. The summed E-state index contributed by atoms with van der Waals surface area (Å²) in [5.74, 6) is 0. The highest BCUT2D eigenvalue weighted by Gasteiger charge is 2.23. The van der Waals surface area contributed by atoms with Crippen LogP contribution in [0.1, 0.15) is 12.0 Å². The Hall–Kier alpha value is -1.44. The predicted octanol–water partition coefficient (Wildman–Crippen LogP) is 1.11. The first-order valence-electron chi connectivity index (χ1n) is 5.98. The van der Waals surface area contributed by atoms with E-state index in [9.17, 15) is 0 Å². The van der Waals surface area contributed by atoms with E-state index in [0.29, 0.717) is 12.5 Å².